The summed E-state index contributed by atoms with van der Waals surface area (Å²) in [5.41, 5.74) is 1.39. The number of hydrogen-bond acceptors (Lipinski definition) is 7. The van der Waals surface area contributed by atoms with Gasteiger partial charge in [0.25, 0.3) is 5.91 Å². The topological polar surface area (TPSA) is 85.8 Å². The Morgan fingerprint density at radius 3 is 2.51 bits per heavy atom. The van der Waals surface area contributed by atoms with E-state index in [1.54, 1.807) is 9.80 Å². The predicted molar refractivity (Wildman–Crippen MR) is 157 cm³/mol. The molecule has 1 aromatic rings. The van der Waals surface area contributed by atoms with E-state index in [0.717, 1.165) is 37.9 Å². The first kappa shape index (κ1) is 32.8. The normalized spacial score (nSPS) is 22.1. The van der Waals surface area contributed by atoms with Crippen LogP contribution in [0.15, 0.2) is 18.2 Å². The number of anilines is 1. The average Bonchev–Trinajstić information content (AvgIpc) is 2.89. The SMILES string of the molecule is C[C@@H]1CCCCO[C@@H](CN(C)C(=O)CCCN(C)C)[C@H](C)CN([C@@H](C)CO)C(=O)c2cc(N(C)C)ccc2O1. The lowest BCUT2D eigenvalue weighted by atomic mass is 10.0. The van der Waals surface area contributed by atoms with Crippen LogP contribution in [0.25, 0.3) is 0 Å². The van der Waals surface area contributed by atoms with E-state index < -0.39 is 6.04 Å². The summed E-state index contributed by atoms with van der Waals surface area (Å²) in [4.78, 5) is 34.4. The van der Waals surface area contributed by atoms with Crippen molar-refractivity contribution in [3.63, 3.8) is 0 Å². The van der Waals surface area contributed by atoms with Crippen LogP contribution in [0.3, 0.4) is 0 Å². The van der Waals surface area contributed by atoms with Gasteiger partial charge in [-0.3, -0.25) is 9.59 Å². The highest BCUT2D eigenvalue weighted by Gasteiger charge is 2.31. The Morgan fingerprint density at radius 2 is 1.87 bits per heavy atom. The van der Waals surface area contributed by atoms with Gasteiger partial charge in [-0.15, -0.1) is 0 Å². The minimum Gasteiger partial charge on any atom is -0.490 e. The molecule has 0 spiro atoms. The molecule has 39 heavy (non-hydrogen) atoms. The molecule has 2 rings (SSSR count). The van der Waals surface area contributed by atoms with Gasteiger partial charge >= 0.3 is 0 Å². The van der Waals surface area contributed by atoms with Gasteiger partial charge < -0.3 is 34.2 Å². The molecule has 1 N–H and O–H groups in total. The van der Waals surface area contributed by atoms with Gasteiger partial charge in [0.2, 0.25) is 5.91 Å². The molecule has 1 aliphatic heterocycles. The van der Waals surface area contributed by atoms with Gasteiger partial charge in [-0.1, -0.05) is 6.92 Å². The van der Waals surface area contributed by atoms with Gasteiger partial charge in [-0.2, -0.15) is 0 Å². The second kappa shape index (κ2) is 16.0. The smallest absolute Gasteiger partial charge is 0.258 e. The maximum atomic E-state index is 14.1. The lowest BCUT2D eigenvalue weighted by Crippen LogP contribution is -2.48. The highest BCUT2D eigenvalue weighted by atomic mass is 16.5. The average molecular weight is 549 g/mol. The lowest BCUT2D eigenvalue weighted by Gasteiger charge is -2.36. The van der Waals surface area contributed by atoms with E-state index in [-0.39, 0.29) is 36.5 Å². The molecular weight excluding hydrogens is 496 g/mol. The molecule has 0 fully saturated rings. The van der Waals surface area contributed by atoms with Crippen LogP contribution >= 0.6 is 0 Å². The summed E-state index contributed by atoms with van der Waals surface area (Å²) in [5.74, 6) is 0.412. The second-order valence-corrected chi connectivity index (χ2v) is 11.6. The Kier molecular flexibility index (Phi) is 13.5. The van der Waals surface area contributed by atoms with Crippen LogP contribution < -0.4 is 9.64 Å². The molecule has 0 saturated heterocycles. The Labute approximate surface area is 236 Å². The van der Waals surface area contributed by atoms with E-state index in [1.165, 1.54) is 0 Å². The van der Waals surface area contributed by atoms with Crippen molar-refractivity contribution in [1.82, 2.24) is 14.7 Å². The van der Waals surface area contributed by atoms with Crippen molar-refractivity contribution in [3.05, 3.63) is 23.8 Å². The Bertz CT molecular complexity index is 909. The van der Waals surface area contributed by atoms with Crippen molar-refractivity contribution in [3.8, 4) is 5.75 Å². The highest BCUT2D eigenvalue weighted by Crippen LogP contribution is 2.29. The van der Waals surface area contributed by atoms with Crippen LogP contribution in [-0.2, 0) is 9.53 Å². The first-order valence-corrected chi connectivity index (χ1v) is 14.3. The molecule has 4 atom stereocenters. The van der Waals surface area contributed by atoms with E-state index in [1.807, 2.05) is 72.2 Å². The third-order valence-electron chi connectivity index (χ3n) is 7.43. The summed E-state index contributed by atoms with van der Waals surface area (Å²) < 4.78 is 12.6. The molecule has 0 aromatic heterocycles. The quantitative estimate of drug-likeness (QED) is 0.507. The number of hydrogen-bond donors (Lipinski definition) is 1. The number of carbonyl (C=O) groups is 2. The monoisotopic (exact) mass is 548 g/mol. The molecule has 0 unspecified atom stereocenters. The second-order valence-electron chi connectivity index (χ2n) is 11.6. The summed E-state index contributed by atoms with van der Waals surface area (Å²) in [5, 5.41) is 10.1. The van der Waals surface area contributed by atoms with E-state index in [0.29, 0.717) is 37.4 Å². The number of amides is 2. The summed E-state index contributed by atoms with van der Waals surface area (Å²) in [6.07, 6.45) is 3.67. The van der Waals surface area contributed by atoms with Crippen LogP contribution in [0.4, 0.5) is 5.69 Å². The van der Waals surface area contributed by atoms with Gasteiger partial charge in [-0.25, -0.2) is 0 Å². The predicted octanol–water partition coefficient (Wildman–Crippen LogP) is 3.35. The molecule has 2 amide bonds. The summed E-state index contributed by atoms with van der Waals surface area (Å²) in [6.45, 7) is 8.06. The summed E-state index contributed by atoms with van der Waals surface area (Å²) >= 11 is 0. The minimum atomic E-state index is -0.396. The zero-order chi connectivity index (χ0) is 29.1. The summed E-state index contributed by atoms with van der Waals surface area (Å²) in [7, 11) is 9.72. The van der Waals surface area contributed by atoms with E-state index in [9.17, 15) is 14.7 Å². The number of aliphatic hydroxyl groups is 1. The fourth-order valence-corrected chi connectivity index (χ4v) is 4.76. The number of ether oxygens (including phenoxy) is 2. The van der Waals surface area contributed by atoms with Crippen LogP contribution in [-0.4, -0.2) is 118 Å². The van der Waals surface area contributed by atoms with Gasteiger partial charge in [0.05, 0.1) is 30.4 Å². The number of carbonyl (C=O) groups excluding carboxylic acids is 2. The zero-order valence-electron chi connectivity index (χ0n) is 25.5. The molecule has 0 saturated carbocycles. The first-order valence-electron chi connectivity index (χ1n) is 14.3. The molecular formula is C30H52N4O5. The largest absolute Gasteiger partial charge is 0.490 e. The Hall–Kier alpha value is -2.36. The molecule has 222 valence electrons. The lowest BCUT2D eigenvalue weighted by molar-refractivity contribution is -0.132. The van der Waals surface area contributed by atoms with Crippen molar-refractivity contribution in [2.75, 3.05) is 73.0 Å². The fourth-order valence-electron chi connectivity index (χ4n) is 4.76. The van der Waals surface area contributed by atoms with Gasteiger partial charge in [0.15, 0.2) is 0 Å². The van der Waals surface area contributed by atoms with Crippen LogP contribution in [0.1, 0.15) is 63.2 Å². The molecule has 1 heterocycles. The van der Waals surface area contributed by atoms with Crippen molar-refractivity contribution < 1.29 is 24.2 Å². The molecule has 0 radical (unpaired) electrons. The fraction of sp³-hybridized carbons (Fsp3) is 0.733. The number of nitrogens with zero attached hydrogens (tertiary/aromatic N) is 4. The van der Waals surface area contributed by atoms with Crippen molar-refractivity contribution >= 4 is 17.5 Å². The Morgan fingerprint density at radius 1 is 1.15 bits per heavy atom. The number of benzene rings is 1. The zero-order valence-corrected chi connectivity index (χ0v) is 25.5. The summed E-state index contributed by atoms with van der Waals surface area (Å²) in [6, 6.07) is 5.30. The standard InChI is InChI=1S/C30H52N4O5/c1-22-19-34(23(2)21-35)30(37)26-18-25(32(6)7)14-15-27(26)39-24(3)12-9-10-17-38-28(22)20-33(8)29(36)13-11-16-31(4)5/h14-15,18,22-24,28,35H,9-13,16-17,19-21H2,1-8H3/t22-,23+,24-,28+/m1/s1. The van der Waals surface area contributed by atoms with Crippen molar-refractivity contribution in [2.45, 2.75) is 71.1 Å². The number of fused-ring (bicyclic) bond motifs is 1. The molecule has 9 heteroatoms. The number of aliphatic hydroxyl groups excluding tert-OH is 1. The van der Waals surface area contributed by atoms with E-state index in [4.69, 9.17) is 9.47 Å². The van der Waals surface area contributed by atoms with Crippen LogP contribution in [0, 0.1) is 5.92 Å². The first-order chi connectivity index (χ1) is 18.4. The van der Waals surface area contributed by atoms with Crippen molar-refractivity contribution in [1.29, 1.82) is 0 Å². The Balaban J connectivity index is 2.35. The van der Waals surface area contributed by atoms with Gasteiger partial charge in [0, 0.05) is 58.9 Å². The minimum absolute atomic E-state index is 0.0611. The van der Waals surface area contributed by atoms with Crippen LogP contribution in [0.5, 0.6) is 5.75 Å². The number of rotatable bonds is 9. The van der Waals surface area contributed by atoms with E-state index in [2.05, 4.69) is 11.8 Å². The third kappa shape index (κ3) is 10.3. The van der Waals surface area contributed by atoms with E-state index >= 15 is 0 Å². The molecule has 9 nitrogen and oxygen atoms in total. The van der Waals surface area contributed by atoms with Gasteiger partial charge in [-0.05, 0) is 78.4 Å². The van der Waals surface area contributed by atoms with Crippen molar-refractivity contribution in [2.24, 2.45) is 5.92 Å². The highest BCUT2D eigenvalue weighted by molar-refractivity contribution is 5.98. The molecule has 0 aliphatic carbocycles. The number of likely N-dealkylation sites (N-methyl/N-ethyl adjacent to an activating group) is 1. The molecule has 1 aromatic carbocycles. The molecule has 1 aliphatic rings. The third-order valence-corrected chi connectivity index (χ3v) is 7.43. The maximum absolute atomic E-state index is 14.1. The van der Waals surface area contributed by atoms with Gasteiger partial charge in [0.1, 0.15) is 5.75 Å². The maximum Gasteiger partial charge on any atom is 0.258 e. The van der Waals surface area contributed by atoms with Crippen LogP contribution in [0.2, 0.25) is 0 Å². The molecule has 0 bridgehead atoms.